The summed E-state index contributed by atoms with van der Waals surface area (Å²) in [5.74, 6) is 0. The van der Waals surface area contributed by atoms with E-state index >= 15 is 0 Å². The molecule has 0 bridgehead atoms. The predicted octanol–water partition coefficient (Wildman–Crippen LogP) is 3.11. The molecule has 58 valence electrons. The molecule has 0 aliphatic carbocycles. The van der Waals surface area contributed by atoms with Gasteiger partial charge in [0.2, 0.25) is 0 Å². The molecule has 0 radical (unpaired) electrons. The highest BCUT2D eigenvalue weighted by Gasteiger charge is 1.95. The standard InChI is InChI=1S/C9H9BrO/c1-2-11-7-8-5-3-4-6-9(8)10/h2-6H,1,7H2. The highest BCUT2D eigenvalue weighted by atomic mass is 79.9. The molecule has 1 rings (SSSR count). The summed E-state index contributed by atoms with van der Waals surface area (Å²) in [4.78, 5) is 0. The number of hydrogen-bond donors (Lipinski definition) is 0. The largest absolute Gasteiger partial charge is 0.497 e. The van der Waals surface area contributed by atoms with Crippen molar-refractivity contribution in [3.8, 4) is 0 Å². The van der Waals surface area contributed by atoms with Crippen molar-refractivity contribution >= 4 is 15.9 Å². The Kier molecular flexibility index (Phi) is 3.17. The van der Waals surface area contributed by atoms with Gasteiger partial charge in [0.15, 0.2) is 0 Å². The summed E-state index contributed by atoms with van der Waals surface area (Å²) < 4.78 is 6.11. The molecule has 0 unspecified atom stereocenters. The fourth-order valence-electron chi connectivity index (χ4n) is 0.764. The highest BCUT2D eigenvalue weighted by Crippen LogP contribution is 2.16. The molecule has 1 aromatic carbocycles. The first-order valence-electron chi connectivity index (χ1n) is 3.30. The van der Waals surface area contributed by atoms with Crippen LogP contribution >= 0.6 is 15.9 Å². The van der Waals surface area contributed by atoms with E-state index in [1.165, 1.54) is 6.26 Å². The third-order valence-electron chi connectivity index (χ3n) is 1.31. The van der Waals surface area contributed by atoms with Crippen LogP contribution in [0, 0.1) is 0 Å². The lowest BCUT2D eigenvalue weighted by molar-refractivity contribution is 0.237. The maximum absolute atomic E-state index is 5.03. The van der Waals surface area contributed by atoms with Crippen molar-refractivity contribution in [1.29, 1.82) is 0 Å². The second-order valence-corrected chi connectivity index (χ2v) is 2.92. The van der Waals surface area contributed by atoms with Crippen molar-refractivity contribution in [2.24, 2.45) is 0 Å². The summed E-state index contributed by atoms with van der Waals surface area (Å²) in [6, 6.07) is 7.95. The van der Waals surface area contributed by atoms with Gasteiger partial charge < -0.3 is 4.74 Å². The van der Waals surface area contributed by atoms with E-state index in [1.807, 2.05) is 24.3 Å². The Balaban J connectivity index is 2.69. The third kappa shape index (κ3) is 2.39. The fraction of sp³-hybridized carbons (Fsp3) is 0.111. The summed E-state index contributed by atoms with van der Waals surface area (Å²) in [5.41, 5.74) is 1.13. The average Bonchev–Trinajstić information content (AvgIpc) is 2.03. The molecule has 1 aromatic rings. The van der Waals surface area contributed by atoms with E-state index in [4.69, 9.17) is 4.74 Å². The molecule has 0 N–H and O–H groups in total. The van der Waals surface area contributed by atoms with E-state index in [1.54, 1.807) is 0 Å². The quantitative estimate of drug-likeness (QED) is 0.701. The van der Waals surface area contributed by atoms with Crippen molar-refractivity contribution in [2.75, 3.05) is 0 Å². The van der Waals surface area contributed by atoms with Crippen LogP contribution in [0.4, 0.5) is 0 Å². The van der Waals surface area contributed by atoms with Crippen molar-refractivity contribution in [3.63, 3.8) is 0 Å². The molecule has 0 heterocycles. The molecule has 0 amide bonds. The normalized spacial score (nSPS) is 9.18. The van der Waals surface area contributed by atoms with Crippen LogP contribution in [0.1, 0.15) is 5.56 Å². The molecular formula is C9H9BrO. The Bertz CT molecular complexity index is 245. The van der Waals surface area contributed by atoms with Gasteiger partial charge in [-0.25, -0.2) is 0 Å². The summed E-state index contributed by atoms with van der Waals surface area (Å²) >= 11 is 3.41. The van der Waals surface area contributed by atoms with E-state index < -0.39 is 0 Å². The molecular weight excluding hydrogens is 204 g/mol. The SMILES string of the molecule is C=COCc1ccccc1Br. The first-order valence-corrected chi connectivity index (χ1v) is 4.10. The van der Waals surface area contributed by atoms with E-state index in [-0.39, 0.29) is 0 Å². The Morgan fingerprint density at radius 1 is 1.45 bits per heavy atom. The van der Waals surface area contributed by atoms with E-state index in [9.17, 15) is 0 Å². The van der Waals surface area contributed by atoms with Crippen LogP contribution < -0.4 is 0 Å². The topological polar surface area (TPSA) is 9.23 Å². The Labute approximate surface area is 74.8 Å². The number of halogens is 1. The lowest BCUT2D eigenvalue weighted by Gasteiger charge is -2.02. The molecule has 0 atom stereocenters. The van der Waals surface area contributed by atoms with Crippen LogP contribution in [-0.4, -0.2) is 0 Å². The van der Waals surface area contributed by atoms with Gasteiger partial charge in [-0.2, -0.15) is 0 Å². The van der Waals surface area contributed by atoms with Gasteiger partial charge in [0, 0.05) is 10.0 Å². The van der Waals surface area contributed by atoms with Crippen LogP contribution in [0.25, 0.3) is 0 Å². The van der Waals surface area contributed by atoms with E-state index in [0.29, 0.717) is 6.61 Å². The van der Waals surface area contributed by atoms with Crippen molar-refractivity contribution in [1.82, 2.24) is 0 Å². The Hall–Kier alpha value is -0.760. The zero-order chi connectivity index (χ0) is 8.10. The van der Waals surface area contributed by atoms with Crippen molar-refractivity contribution in [3.05, 3.63) is 47.1 Å². The first kappa shape index (κ1) is 8.34. The second-order valence-electron chi connectivity index (χ2n) is 2.07. The molecule has 2 heteroatoms. The lowest BCUT2D eigenvalue weighted by Crippen LogP contribution is -1.86. The van der Waals surface area contributed by atoms with E-state index in [0.717, 1.165) is 10.0 Å². The summed E-state index contributed by atoms with van der Waals surface area (Å²) in [6.45, 7) is 4.04. The minimum Gasteiger partial charge on any atom is -0.497 e. The van der Waals surface area contributed by atoms with Gasteiger partial charge in [-0.3, -0.25) is 0 Å². The van der Waals surface area contributed by atoms with Gasteiger partial charge in [0.05, 0.1) is 6.26 Å². The molecule has 0 aliphatic rings. The van der Waals surface area contributed by atoms with Gasteiger partial charge in [0.1, 0.15) is 6.61 Å². The zero-order valence-corrected chi connectivity index (χ0v) is 7.67. The summed E-state index contributed by atoms with van der Waals surface area (Å²) in [5, 5.41) is 0. The maximum Gasteiger partial charge on any atom is 0.113 e. The number of ether oxygens (including phenoxy) is 1. The van der Waals surface area contributed by atoms with Gasteiger partial charge in [0.25, 0.3) is 0 Å². The monoisotopic (exact) mass is 212 g/mol. The van der Waals surface area contributed by atoms with Crippen LogP contribution in [0.15, 0.2) is 41.6 Å². The highest BCUT2D eigenvalue weighted by molar-refractivity contribution is 9.10. The van der Waals surface area contributed by atoms with Gasteiger partial charge >= 0.3 is 0 Å². The zero-order valence-electron chi connectivity index (χ0n) is 6.09. The smallest absolute Gasteiger partial charge is 0.113 e. The second kappa shape index (κ2) is 4.19. The predicted molar refractivity (Wildman–Crippen MR) is 49.1 cm³/mol. The molecule has 0 fully saturated rings. The maximum atomic E-state index is 5.03. The Morgan fingerprint density at radius 3 is 2.82 bits per heavy atom. The van der Waals surface area contributed by atoms with Crippen molar-refractivity contribution in [2.45, 2.75) is 6.61 Å². The van der Waals surface area contributed by atoms with Crippen LogP contribution in [0.5, 0.6) is 0 Å². The van der Waals surface area contributed by atoms with Crippen LogP contribution in [0.2, 0.25) is 0 Å². The number of benzene rings is 1. The minimum atomic E-state index is 0.574. The molecule has 1 nitrogen and oxygen atoms in total. The van der Waals surface area contributed by atoms with E-state index in [2.05, 4.69) is 22.5 Å². The van der Waals surface area contributed by atoms with Crippen molar-refractivity contribution < 1.29 is 4.74 Å². The van der Waals surface area contributed by atoms with Crippen LogP contribution in [-0.2, 0) is 11.3 Å². The lowest BCUT2D eigenvalue weighted by atomic mass is 10.2. The third-order valence-corrected chi connectivity index (χ3v) is 2.09. The number of hydrogen-bond acceptors (Lipinski definition) is 1. The van der Waals surface area contributed by atoms with Gasteiger partial charge in [-0.15, -0.1) is 0 Å². The molecule has 0 spiro atoms. The first-order chi connectivity index (χ1) is 5.34. The minimum absolute atomic E-state index is 0.574. The summed E-state index contributed by atoms with van der Waals surface area (Å²) in [7, 11) is 0. The number of rotatable bonds is 3. The molecule has 0 saturated heterocycles. The summed E-state index contributed by atoms with van der Waals surface area (Å²) in [6.07, 6.45) is 1.44. The van der Waals surface area contributed by atoms with Gasteiger partial charge in [-0.05, 0) is 6.07 Å². The Morgan fingerprint density at radius 2 is 2.18 bits per heavy atom. The van der Waals surface area contributed by atoms with Crippen LogP contribution in [0.3, 0.4) is 0 Å². The molecule has 0 aliphatic heterocycles. The fourth-order valence-corrected chi connectivity index (χ4v) is 1.16. The molecule has 11 heavy (non-hydrogen) atoms. The molecule has 0 saturated carbocycles. The van der Waals surface area contributed by atoms with Gasteiger partial charge in [-0.1, -0.05) is 40.7 Å². The average molecular weight is 213 g/mol. The molecule has 0 aromatic heterocycles.